The summed E-state index contributed by atoms with van der Waals surface area (Å²) in [5, 5.41) is 29.7. The van der Waals surface area contributed by atoms with Crippen LogP contribution in [0.2, 0.25) is 0 Å². The van der Waals surface area contributed by atoms with Crippen LogP contribution in [0.3, 0.4) is 0 Å². The van der Waals surface area contributed by atoms with Crippen LogP contribution in [0, 0.1) is 11.3 Å². The topological polar surface area (TPSA) is 60.7 Å². The van der Waals surface area contributed by atoms with Crippen molar-refractivity contribution in [3.05, 3.63) is 34.9 Å². The number of hydrogen-bond acceptors (Lipinski definition) is 3. The van der Waals surface area contributed by atoms with Crippen LogP contribution in [0.5, 0.6) is 0 Å². The molecule has 23 heavy (non-hydrogen) atoms. The van der Waals surface area contributed by atoms with E-state index in [0.29, 0.717) is 5.92 Å². The van der Waals surface area contributed by atoms with Gasteiger partial charge in [-0.2, -0.15) is 0 Å². The summed E-state index contributed by atoms with van der Waals surface area (Å²) < 4.78 is 0. The highest BCUT2D eigenvalue weighted by Crippen LogP contribution is 2.57. The van der Waals surface area contributed by atoms with Gasteiger partial charge in [0.05, 0.1) is 6.61 Å². The van der Waals surface area contributed by atoms with Crippen LogP contribution >= 0.6 is 0 Å². The molecule has 1 aromatic rings. The third-order valence-corrected chi connectivity index (χ3v) is 6.77. The maximum absolute atomic E-state index is 10.3. The van der Waals surface area contributed by atoms with E-state index >= 15 is 0 Å². The van der Waals surface area contributed by atoms with Crippen molar-refractivity contribution in [1.82, 2.24) is 0 Å². The van der Waals surface area contributed by atoms with Crippen molar-refractivity contribution >= 4 is 0 Å². The van der Waals surface area contributed by atoms with Gasteiger partial charge in [0.2, 0.25) is 0 Å². The maximum atomic E-state index is 10.3. The molecular weight excluding hydrogens is 288 g/mol. The van der Waals surface area contributed by atoms with Gasteiger partial charge >= 0.3 is 0 Å². The standard InChI is InChI=1S/C20H30O3/c1-18(12-21)9-4-10-19(2)16-7-6-15(20(3,23)13-22)11-14(16)5-8-17(18)19/h6-7,11,17,21-23H,4-5,8-10,12-13H2,1-3H3/t17-,18+,19+,20-/m0/s1. The van der Waals surface area contributed by atoms with Gasteiger partial charge in [0.25, 0.3) is 0 Å². The summed E-state index contributed by atoms with van der Waals surface area (Å²) in [6.07, 6.45) is 5.50. The van der Waals surface area contributed by atoms with Gasteiger partial charge in [0.15, 0.2) is 0 Å². The first-order chi connectivity index (χ1) is 10.8. The molecule has 0 bridgehead atoms. The number of aliphatic hydroxyl groups is 3. The third kappa shape index (κ3) is 2.54. The monoisotopic (exact) mass is 318 g/mol. The molecule has 2 aliphatic carbocycles. The number of aryl methyl sites for hydroxylation is 1. The van der Waals surface area contributed by atoms with E-state index in [1.165, 1.54) is 11.1 Å². The second-order valence-electron chi connectivity index (χ2n) is 8.48. The van der Waals surface area contributed by atoms with Crippen molar-refractivity contribution in [3.8, 4) is 0 Å². The Morgan fingerprint density at radius 3 is 2.61 bits per heavy atom. The summed E-state index contributed by atoms with van der Waals surface area (Å²) in [6.45, 7) is 6.25. The van der Waals surface area contributed by atoms with E-state index in [2.05, 4.69) is 26.0 Å². The van der Waals surface area contributed by atoms with Crippen molar-refractivity contribution in [2.24, 2.45) is 11.3 Å². The van der Waals surface area contributed by atoms with E-state index in [9.17, 15) is 15.3 Å². The Hall–Kier alpha value is -0.900. The molecule has 0 unspecified atom stereocenters. The van der Waals surface area contributed by atoms with Gasteiger partial charge in [-0.1, -0.05) is 38.5 Å². The SMILES string of the molecule is C[C@]1(CO)CCC[C@]2(C)c3ccc([C@@](C)(O)CO)cc3CC[C@@H]12. The number of fused-ring (bicyclic) bond motifs is 3. The Labute approximate surface area is 139 Å². The lowest BCUT2D eigenvalue weighted by Crippen LogP contribution is -2.50. The zero-order valence-electron chi connectivity index (χ0n) is 14.6. The molecule has 1 fully saturated rings. The smallest absolute Gasteiger partial charge is 0.110 e. The minimum absolute atomic E-state index is 0.0138. The van der Waals surface area contributed by atoms with Crippen LogP contribution in [0.25, 0.3) is 0 Å². The van der Waals surface area contributed by atoms with Crippen LogP contribution in [0.4, 0.5) is 0 Å². The van der Waals surface area contributed by atoms with Crippen molar-refractivity contribution in [2.75, 3.05) is 13.2 Å². The zero-order valence-corrected chi connectivity index (χ0v) is 14.6. The molecule has 0 spiro atoms. The fourth-order valence-electron chi connectivity index (χ4n) is 5.24. The van der Waals surface area contributed by atoms with E-state index in [0.717, 1.165) is 37.7 Å². The fourth-order valence-corrected chi connectivity index (χ4v) is 5.24. The molecule has 0 radical (unpaired) electrons. The largest absolute Gasteiger partial charge is 0.396 e. The molecule has 3 rings (SSSR count). The normalized spacial score (nSPS) is 36.0. The Morgan fingerprint density at radius 2 is 1.96 bits per heavy atom. The average Bonchev–Trinajstić information content (AvgIpc) is 2.54. The highest BCUT2D eigenvalue weighted by molar-refractivity contribution is 5.42. The molecule has 0 heterocycles. The maximum Gasteiger partial charge on any atom is 0.110 e. The Morgan fingerprint density at radius 1 is 1.22 bits per heavy atom. The molecule has 3 N–H and O–H groups in total. The van der Waals surface area contributed by atoms with Gasteiger partial charge in [-0.3, -0.25) is 0 Å². The first-order valence-corrected chi connectivity index (χ1v) is 8.85. The van der Waals surface area contributed by atoms with Gasteiger partial charge in [-0.15, -0.1) is 0 Å². The predicted octanol–water partition coefficient (Wildman–Crippen LogP) is 2.89. The van der Waals surface area contributed by atoms with E-state index in [-0.39, 0.29) is 24.0 Å². The van der Waals surface area contributed by atoms with Gasteiger partial charge in [-0.25, -0.2) is 0 Å². The Bertz CT molecular complexity index is 595. The fraction of sp³-hybridized carbons (Fsp3) is 0.700. The van der Waals surface area contributed by atoms with Crippen molar-refractivity contribution in [2.45, 2.75) is 63.9 Å². The summed E-state index contributed by atoms with van der Waals surface area (Å²) in [5.41, 5.74) is 2.41. The summed E-state index contributed by atoms with van der Waals surface area (Å²) in [5.74, 6) is 0.505. The molecule has 4 atom stereocenters. The van der Waals surface area contributed by atoms with Crippen LogP contribution in [0.1, 0.15) is 63.1 Å². The number of hydrogen-bond donors (Lipinski definition) is 3. The van der Waals surface area contributed by atoms with Gasteiger partial charge < -0.3 is 15.3 Å². The highest BCUT2D eigenvalue weighted by atomic mass is 16.3. The summed E-state index contributed by atoms with van der Waals surface area (Å²) in [6, 6.07) is 6.20. The summed E-state index contributed by atoms with van der Waals surface area (Å²) in [7, 11) is 0. The van der Waals surface area contributed by atoms with E-state index in [1.807, 2.05) is 6.07 Å². The van der Waals surface area contributed by atoms with E-state index in [4.69, 9.17) is 0 Å². The predicted molar refractivity (Wildman–Crippen MR) is 91.3 cm³/mol. The number of aliphatic hydroxyl groups excluding tert-OH is 2. The van der Waals surface area contributed by atoms with E-state index < -0.39 is 5.60 Å². The molecule has 0 amide bonds. The van der Waals surface area contributed by atoms with Gasteiger partial charge in [0.1, 0.15) is 5.60 Å². The molecule has 128 valence electrons. The average molecular weight is 318 g/mol. The first kappa shape index (κ1) is 16.9. The van der Waals surface area contributed by atoms with Gasteiger partial charge in [0, 0.05) is 6.61 Å². The van der Waals surface area contributed by atoms with Gasteiger partial charge in [-0.05, 0) is 66.0 Å². The van der Waals surface area contributed by atoms with E-state index in [1.54, 1.807) is 6.92 Å². The lowest BCUT2D eigenvalue weighted by molar-refractivity contribution is -0.0184. The second kappa shape index (κ2) is 5.58. The molecule has 1 saturated carbocycles. The Balaban J connectivity index is 2.04. The molecule has 1 aromatic carbocycles. The third-order valence-electron chi connectivity index (χ3n) is 6.77. The van der Waals surface area contributed by atoms with Crippen LogP contribution in [0.15, 0.2) is 18.2 Å². The number of rotatable bonds is 3. The minimum atomic E-state index is -1.18. The van der Waals surface area contributed by atoms with Crippen molar-refractivity contribution in [1.29, 1.82) is 0 Å². The molecule has 0 saturated heterocycles. The molecule has 2 aliphatic rings. The molecule has 0 aromatic heterocycles. The quantitative estimate of drug-likeness (QED) is 0.803. The Kier molecular flexibility index (Phi) is 4.11. The lowest BCUT2D eigenvalue weighted by Gasteiger charge is -2.55. The lowest BCUT2D eigenvalue weighted by atomic mass is 9.50. The highest BCUT2D eigenvalue weighted by Gasteiger charge is 2.51. The number of benzene rings is 1. The minimum Gasteiger partial charge on any atom is -0.396 e. The summed E-state index contributed by atoms with van der Waals surface area (Å²) in [4.78, 5) is 0. The van der Waals surface area contributed by atoms with Crippen LogP contribution in [-0.4, -0.2) is 28.5 Å². The van der Waals surface area contributed by atoms with Crippen molar-refractivity contribution in [3.63, 3.8) is 0 Å². The van der Waals surface area contributed by atoms with Crippen molar-refractivity contribution < 1.29 is 15.3 Å². The first-order valence-electron chi connectivity index (χ1n) is 8.85. The molecule has 0 aliphatic heterocycles. The molecular formula is C20H30O3. The van der Waals surface area contributed by atoms with Crippen LogP contribution < -0.4 is 0 Å². The second-order valence-corrected chi connectivity index (χ2v) is 8.48. The molecule has 3 nitrogen and oxygen atoms in total. The van der Waals surface area contributed by atoms with Crippen LogP contribution in [-0.2, 0) is 17.4 Å². The zero-order chi connectivity index (χ0) is 16.9. The summed E-state index contributed by atoms with van der Waals surface area (Å²) >= 11 is 0. The molecule has 3 heteroatoms.